The highest BCUT2D eigenvalue weighted by molar-refractivity contribution is 7.99. The molecule has 5 rings (SSSR count). The predicted molar refractivity (Wildman–Crippen MR) is 156 cm³/mol. The van der Waals surface area contributed by atoms with Crippen LogP contribution in [0, 0.1) is 12.7 Å². The van der Waals surface area contributed by atoms with E-state index in [0.717, 1.165) is 34.2 Å². The number of nitrogens with one attached hydrogen (secondary N) is 1. The summed E-state index contributed by atoms with van der Waals surface area (Å²) >= 11 is 1.33. The van der Waals surface area contributed by atoms with Crippen LogP contribution in [0.2, 0.25) is 0 Å². The summed E-state index contributed by atoms with van der Waals surface area (Å²) in [4.78, 5) is 21.8. The van der Waals surface area contributed by atoms with E-state index in [0.29, 0.717) is 10.8 Å². The van der Waals surface area contributed by atoms with Crippen molar-refractivity contribution in [1.82, 2.24) is 19.1 Å². The molecule has 0 radical (unpaired) electrons. The number of methoxy groups -OCH3 is 1. The lowest BCUT2D eigenvalue weighted by molar-refractivity contribution is -0.113. The normalized spacial score (nSPS) is 11.4. The number of ether oxygens (including phenoxy) is 1. The summed E-state index contributed by atoms with van der Waals surface area (Å²) in [5.41, 5.74) is 3.91. The molecule has 0 fully saturated rings. The average Bonchev–Trinajstić information content (AvgIpc) is 3.59. The van der Waals surface area contributed by atoms with Gasteiger partial charge in [0.1, 0.15) is 17.4 Å². The maximum Gasteiger partial charge on any atom is 0.234 e. The Hall–Kier alpha value is -4.37. The van der Waals surface area contributed by atoms with Crippen molar-refractivity contribution in [2.24, 2.45) is 0 Å². The van der Waals surface area contributed by atoms with Gasteiger partial charge >= 0.3 is 0 Å². The summed E-state index contributed by atoms with van der Waals surface area (Å²) in [5.74, 6) is 1.33. The Morgan fingerprint density at radius 1 is 1.02 bits per heavy atom. The molecule has 0 spiro atoms. The van der Waals surface area contributed by atoms with E-state index in [1.165, 1.54) is 23.9 Å². The third-order valence-electron chi connectivity index (χ3n) is 6.83. The molecule has 0 bridgehead atoms. The van der Waals surface area contributed by atoms with Crippen LogP contribution >= 0.6 is 11.8 Å². The van der Waals surface area contributed by atoms with Gasteiger partial charge in [-0.25, -0.2) is 14.4 Å². The van der Waals surface area contributed by atoms with Gasteiger partial charge < -0.3 is 14.6 Å². The standard InChI is InChI=1S/C31H30FN5O2S/c1-21-33-16-17-36(21)25-14-10-24(11-15-25)35-29(38)20-40-30-34-19-28(37(30)26-12-8-23(32)9-13-26)31(2,3)22-6-5-7-27(18-22)39-4/h5-19H,20H2,1-4H3,(H,35,38). The van der Waals surface area contributed by atoms with Crippen molar-refractivity contribution >= 4 is 23.4 Å². The molecule has 204 valence electrons. The minimum Gasteiger partial charge on any atom is -0.497 e. The van der Waals surface area contributed by atoms with Gasteiger partial charge in [0.15, 0.2) is 5.16 Å². The molecule has 0 atom stereocenters. The molecule has 2 heterocycles. The Morgan fingerprint density at radius 2 is 1.75 bits per heavy atom. The molecule has 5 aromatic rings. The van der Waals surface area contributed by atoms with E-state index in [2.05, 4.69) is 29.1 Å². The third kappa shape index (κ3) is 5.65. The number of aromatic nitrogens is 4. The van der Waals surface area contributed by atoms with Crippen LogP contribution in [0.4, 0.5) is 10.1 Å². The van der Waals surface area contributed by atoms with Crippen LogP contribution in [-0.4, -0.2) is 37.9 Å². The van der Waals surface area contributed by atoms with E-state index >= 15 is 0 Å². The Labute approximate surface area is 237 Å². The van der Waals surface area contributed by atoms with Crippen LogP contribution in [0.5, 0.6) is 5.75 Å². The van der Waals surface area contributed by atoms with Crippen molar-refractivity contribution in [2.45, 2.75) is 31.3 Å². The number of carbonyl (C=O) groups is 1. The fraction of sp³-hybridized carbons (Fsp3) is 0.194. The number of benzene rings is 3. The number of carbonyl (C=O) groups excluding carboxylic acids is 1. The molecule has 9 heteroatoms. The molecule has 2 aromatic heterocycles. The highest BCUT2D eigenvalue weighted by Crippen LogP contribution is 2.37. The van der Waals surface area contributed by atoms with Gasteiger partial charge in [-0.1, -0.05) is 37.7 Å². The molecule has 0 aliphatic carbocycles. The van der Waals surface area contributed by atoms with E-state index in [4.69, 9.17) is 4.74 Å². The smallest absolute Gasteiger partial charge is 0.234 e. The molecule has 0 saturated carbocycles. The van der Waals surface area contributed by atoms with Crippen molar-refractivity contribution < 1.29 is 13.9 Å². The molecule has 0 aliphatic heterocycles. The van der Waals surface area contributed by atoms with Crippen molar-refractivity contribution in [3.8, 4) is 17.1 Å². The van der Waals surface area contributed by atoms with E-state index in [-0.39, 0.29) is 17.5 Å². The molecule has 0 aliphatic rings. The maximum atomic E-state index is 13.8. The van der Waals surface area contributed by atoms with Gasteiger partial charge in [0.25, 0.3) is 0 Å². The number of nitrogens with zero attached hydrogens (tertiary/aromatic N) is 4. The van der Waals surface area contributed by atoms with Crippen molar-refractivity contribution in [2.75, 3.05) is 18.2 Å². The number of aryl methyl sites for hydroxylation is 1. The fourth-order valence-electron chi connectivity index (χ4n) is 4.56. The van der Waals surface area contributed by atoms with Gasteiger partial charge in [-0.15, -0.1) is 0 Å². The van der Waals surface area contributed by atoms with E-state index in [1.54, 1.807) is 25.4 Å². The molecule has 40 heavy (non-hydrogen) atoms. The van der Waals surface area contributed by atoms with Crippen molar-refractivity contribution in [3.63, 3.8) is 0 Å². The minimum absolute atomic E-state index is 0.152. The Morgan fingerprint density at radius 3 is 2.42 bits per heavy atom. The summed E-state index contributed by atoms with van der Waals surface area (Å²) in [5, 5.41) is 3.59. The number of halogens is 1. The topological polar surface area (TPSA) is 74.0 Å². The van der Waals surface area contributed by atoms with Crippen LogP contribution in [0.3, 0.4) is 0 Å². The maximum absolute atomic E-state index is 13.8. The van der Waals surface area contributed by atoms with Crippen LogP contribution in [0.1, 0.15) is 30.9 Å². The molecule has 3 aromatic carbocycles. The number of rotatable bonds is 9. The van der Waals surface area contributed by atoms with Crippen LogP contribution in [0.15, 0.2) is 96.5 Å². The number of imidazole rings is 2. The van der Waals surface area contributed by atoms with E-state index < -0.39 is 5.41 Å². The fourth-order valence-corrected chi connectivity index (χ4v) is 5.35. The lowest BCUT2D eigenvalue weighted by Gasteiger charge is -2.27. The molecular weight excluding hydrogens is 525 g/mol. The van der Waals surface area contributed by atoms with E-state index in [1.807, 2.05) is 77.0 Å². The summed E-state index contributed by atoms with van der Waals surface area (Å²) in [6.45, 7) is 6.15. The second-order valence-corrected chi connectivity index (χ2v) is 10.8. The van der Waals surface area contributed by atoms with Crippen LogP contribution in [0.25, 0.3) is 11.4 Å². The van der Waals surface area contributed by atoms with Gasteiger partial charge in [0.2, 0.25) is 5.91 Å². The zero-order valence-corrected chi connectivity index (χ0v) is 23.6. The minimum atomic E-state index is -0.466. The Bertz CT molecular complexity index is 1620. The summed E-state index contributed by atoms with van der Waals surface area (Å²) in [6, 6.07) is 21.8. The molecule has 0 unspecified atom stereocenters. The summed E-state index contributed by atoms with van der Waals surface area (Å²) in [6.07, 6.45) is 5.47. The first-order chi connectivity index (χ1) is 19.3. The number of anilines is 1. The average molecular weight is 556 g/mol. The molecule has 7 nitrogen and oxygen atoms in total. The van der Waals surface area contributed by atoms with Gasteiger partial charge in [-0.3, -0.25) is 9.36 Å². The van der Waals surface area contributed by atoms with Crippen LogP contribution in [-0.2, 0) is 10.2 Å². The second kappa shape index (κ2) is 11.4. The zero-order valence-electron chi connectivity index (χ0n) is 22.8. The largest absolute Gasteiger partial charge is 0.497 e. The molecule has 1 amide bonds. The number of thioether (sulfide) groups is 1. The quantitative estimate of drug-likeness (QED) is 0.208. The highest BCUT2D eigenvalue weighted by atomic mass is 32.2. The first-order valence-corrected chi connectivity index (χ1v) is 13.8. The van der Waals surface area contributed by atoms with Crippen molar-refractivity contribution in [1.29, 1.82) is 0 Å². The predicted octanol–water partition coefficient (Wildman–Crippen LogP) is 6.57. The SMILES string of the molecule is COc1cccc(C(C)(C)c2cnc(SCC(=O)Nc3ccc(-n4ccnc4C)cc3)n2-c2ccc(F)cc2)c1. The number of hydrogen-bond acceptors (Lipinski definition) is 5. The summed E-state index contributed by atoms with van der Waals surface area (Å²) < 4.78 is 23.2. The lowest BCUT2D eigenvalue weighted by atomic mass is 9.81. The first-order valence-electron chi connectivity index (χ1n) is 12.8. The lowest BCUT2D eigenvalue weighted by Crippen LogP contribution is -2.23. The van der Waals surface area contributed by atoms with Gasteiger partial charge in [-0.05, 0) is 73.2 Å². The molecule has 1 N–H and O–H groups in total. The second-order valence-electron chi connectivity index (χ2n) is 9.82. The van der Waals surface area contributed by atoms with Gasteiger partial charge in [0, 0.05) is 34.9 Å². The Balaban J connectivity index is 1.37. The van der Waals surface area contributed by atoms with Crippen molar-refractivity contribution in [3.05, 3.63) is 114 Å². The van der Waals surface area contributed by atoms with Gasteiger partial charge in [0.05, 0.1) is 24.8 Å². The number of amides is 1. The summed E-state index contributed by atoms with van der Waals surface area (Å²) in [7, 11) is 1.64. The first kappa shape index (κ1) is 27.2. The van der Waals surface area contributed by atoms with Crippen LogP contribution < -0.4 is 10.1 Å². The van der Waals surface area contributed by atoms with E-state index in [9.17, 15) is 9.18 Å². The third-order valence-corrected chi connectivity index (χ3v) is 7.79. The molecular formula is C31H30FN5O2S. The number of hydrogen-bond donors (Lipinski definition) is 1. The molecule has 0 saturated heterocycles. The highest BCUT2D eigenvalue weighted by Gasteiger charge is 2.30. The monoisotopic (exact) mass is 555 g/mol. The zero-order chi connectivity index (χ0) is 28.3. The van der Waals surface area contributed by atoms with Gasteiger partial charge in [-0.2, -0.15) is 0 Å². The Kier molecular flexibility index (Phi) is 7.75.